The van der Waals surface area contributed by atoms with Crippen LogP contribution in [0.3, 0.4) is 0 Å². The lowest BCUT2D eigenvalue weighted by Gasteiger charge is -2.15. The van der Waals surface area contributed by atoms with Crippen molar-refractivity contribution >= 4 is 12.6 Å². The zero-order valence-corrected chi connectivity index (χ0v) is 8.33. The molecule has 1 saturated carbocycles. The highest BCUT2D eigenvalue weighted by Crippen LogP contribution is 2.63. The second-order valence-electron chi connectivity index (χ2n) is 4.61. The lowest BCUT2D eigenvalue weighted by molar-refractivity contribution is 0.405. The first kappa shape index (κ1) is 8.45. The van der Waals surface area contributed by atoms with E-state index in [0.29, 0.717) is 10.2 Å². The van der Waals surface area contributed by atoms with Crippen LogP contribution in [0.2, 0.25) is 0 Å². The summed E-state index contributed by atoms with van der Waals surface area (Å²) in [6, 6.07) is 0. The molecule has 0 amide bonds. The van der Waals surface area contributed by atoms with Crippen LogP contribution < -0.4 is 0 Å². The molecule has 0 unspecified atom stereocenters. The predicted octanol–water partition coefficient (Wildman–Crippen LogP) is 3.13. The topological polar surface area (TPSA) is 0 Å². The highest BCUT2D eigenvalue weighted by molar-refractivity contribution is 7.82. The quantitative estimate of drug-likeness (QED) is 0.586. The monoisotopic (exact) mass is 158 g/mol. The molecule has 1 heteroatoms. The SMILES string of the molecule is CC(C)C[C@]1(C)C[C@]1(C)S. The molecule has 2 atom stereocenters. The number of rotatable bonds is 2. The normalized spacial score (nSPS) is 46.2. The molecule has 1 aliphatic rings. The van der Waals surface area contributed by atoms with Crippen molar-refractivity contribution in [3.05, 3.63) is 0 Å². The Labute approximate surface area is 69.8 Å². The number of thiol groups is 1. The fourth-order valence-corrected chi connectivity index (χ4v) is 2.35. The molecule has 0 aromatic rings. The van der Waals surface area contributed by atoms with Gasteiger partial charge in [0.2, 0.25) is 0 Å². The summed E-state index contributed by atoms with van der Waals surface area (Å²) in [6.45, 7) is 9.17. The van der Waals surface area contributed by atoms with Crippen LogP contribution in [-0.4, -0.2) is 4.75 Å². The van der Waals surface area contributed by atoms with Crippen LogP contribution in [0.15, 0.2) is 0 Å². The van der Waals surface area contributed by atoms with Crippen molar-refractivity contribution in [1.82, 2.24) is 0 Å². The Morgan fingerprint density at radius 3 is 1.90 bits per heavy atom. The van der Waals surface area contributed by atoms with Crippen molar-refractivity contribution in [2.24, 2.45) is 11.3 Å². The summed E-state index contributed by atoms with van der Waals surface area (Å²) >= 11 is 4.59. The van der Waals surface area contributed by atoms with E-state index in [1.807, 2.05) is 0 Å². The summed E-state index contributed by atoms with van der Waals surface area (Å²) in [5.74, 6) is 0.818. The van der Waals surface area contributed by atoms with Gasteiger partial charge in [0, 0.05) is 4.75 Å². The molecule has 10 heavy (non-hydrogen) atoms. The second kappa shape index (κ2) is 2.17. The smallest absolute Gasteiger partial charge is 0.0161 e. The van der Waals surface area contributed by atoms with E-state index >= 15 is 0 Å². The Hall–Kier alpha value is 0.350. The van der Waals surface area contributed by atoms with Gasteiger partial charge >= 0.3 is 0 Å². The minimum Gasteiger partial charge on any atom is -0.172 e. The Balaban J connectivity index is 2.44. The largest absolute Gasteiger partial charge is 0.172 e. The van der Waals surface area contributed by atoms with Gasteiger partial charge in [-0.25, -0.2) is 0 Å². The van der Waals surface area contributed by atoms with Gasteiger partial charge in [0.25, 0.3) is 0 Å². The van der Waals surface area contributed by atoms with Gasteiger partial charge in [0.15, 0.2) is 0 Å². The highest BCUT2D eigenvalue weighted by Gasteiger charge is 2.58. The molecule has 1 aliphatic carbocycles. The van der Waals surface area contributed by atoms with Gasteiger partial charge in [-0.15, -0.1) is 0 Å². The van der Waals surface area contributed by atoms with Crippen molar-refractivity contribution in [2.75, 3.05) is 0 Å². The number of hydrogen-bond donors (Lipinski definition) is 1. The standard InChI is InChI=1S/C9H18S/c1-7(2)5-8(3)6-9(8,4)10/h7,10H,5-6H2,1-4H3/t8-,9+/m1/s1. The van der Waals surface area contributed by atoms with Gasteiger partial charge in [-0.05, 0) is 24.2 Å². The first-order chi connectivity index (χ1) is 4.37. The van der Waals surface area contributed by atoms with Crippen molar-refractivity contribution < 1.29 is 0 Å². The molecule has 0 N–H and O–H groups in total. The van der Waals surface area contributed by atoms with Crippen LogP contribution >= 0.6 is 12.6 Å². The lowest BCUT2D eigenvalue weighted by atomic mass is 9.94. The third-order valence-electron chi connectivity index (χ3n) is 2.77. The summed E-state index contributed by atoms with van der Waals surface area (Å²) in [5.41, 5.74) is 0.532. The minimum atomic E-state index is 0.331. The van der Waals surface area contributed by atoms with Gasteiger partial charge in [-0.2, -0.15) is 12.6 Å². The first-order valence-corrected chi connectivity index (χ1v) is 4.54. The Morgan fingerprint density at radius 1 is 1.40 bits per heavy atom. The molecular weight excluding hydrogens is 140 g/mol. The van der Waals surface area contributed by atoms with Crippen LogP contribution in [-0.2, 0) is 0 Å². The average Bonchev–Trinajstić information content (AvgIpc) is 2.01. The second-order valence-corrected chi connectivity index (χ2v) is 5.60. The summed E-state index contributed by atoms with van der Waals surface area (Å²) in [7, 11) is 0. The van der Waals surface area contributed by atoms with Crippen LogP contribution in [0.1, 0.15) is 40.5 Å². The van der Waals surface area contributed by atoms with E-state index in [4.69, 9.17) is 0 Å². The fraction of sp³-hybridized carbons (Fsp3) is 1.00. The third-order valence-corrected chi connectivity index (χ3v) is 3.47. The van der Waals surface area contributed by atoms with E-state index in [1.165, 1.54) is 12.8 Å². The molecule has 0 spiro atoms. The van der Waals surface area contributed by atoms with Crippen LogP contribution in [0.25, 0.3) is 0 Å². The zero-order valence-electron chi connectivity index (χ0n) is 7.44. The third kappa shape index (κ3) is 1.34. The van der Waals surface area contributed by atoms with Crippen LogP contribution in [0.5, 0.6) is 0 Å². The summed E-state index contributed by atoms with van der Waals surface area (Å²) in [5, 5.41) is 0. The molecule has 0 aromatic carbocycles. The predicted molar refractivity (Wildman–Crippen MR) is 49.6 cm³/mol. The summed E-state index contributed by atoms with van der Waals surface area (Å²) < 4.78 is 0.331. The number of hydrogen-bond acceptors (Lipinski definition) is 1. The van der Waals surface area contributed by atoms with Crippen molar-refractivity contribution in [3.63, 3.8) is 0 Å². The minimum absolute atomic E-state index is 0.331. The van der Waals surface area contributed by atoms with Gasteiger partial charge in [0.1, 0.15) is 0 Å². The van der Waals surface area contributed by atoms with Gasteiger partial charge in [-0.3, -0.25) is 0 Å². The maximum atomic E-state index is 4.59. The van der Waals surface area contributed by atoms with Gasteiger partial charge < -0.3 is 0 Å². The molecule has 0 nitrogen and oxygen atoms in total. The summed E-state index contributed by atoms with van der Waals surface area (Å²) in [6.07, 6.45) is 2.62. The highest BCUT2D eigenvalue weighted by atomic mass is 32.1. The lowest BCUT2D eigenvalue weighted by Crippen LogP contribution is -2.09. The maximum absolute atomic E-state index is 4.59. The molecule has 60 valence electrons. The molecule has 1 rings (SSSR count). The van der Waals surface area contributed by atoms with E-state index in [2.05, 4.69) is 40.3 Å². The van der Waals surface area contributed by atoms with E-state index in [1.54, 1.807) is 0 Å². The average molecular weight is 158 g/mol. The van der Waals surface area contributed by atoms with E-state index in [0.717, 1.165) is 5.92 Å². The van der Waals surface area contributed by atoms with E-state index in [9.17, 15) is 0 Å². The zero-order chi connectivity index (χ0) is 7.99. The van der Waals surface area contributed by atoms with Crippen molar-refractivity contribution in [3.8, 4) is 0 Å². The van der Waals surface area contributed by atoms with Crippen molar-refractivity contribution in [2.45, 2.75) is 45.3 Å². The maximum Gasteiger partial charge on any atom is 0.0161 e. The molecule has 0 radical (unpaired) electrons. The van der Waals surface area contributed by atoms with Gasteiger partial charge in [0.05, 0.1) is 0 Å². The van der Waals surface area contributed by atoms with Crippen molar-refractivity contribution in [1.29, 1.82) is 0 Å². The first-order valence-electron chi connectivity index (χ1n) is 4.10. The Bertz CT molecular complexity index is 138. The Morgan fingerprint density at radius 2 is 1.80 bits per heavy atom. The van der Waals surface area contributed by atoms with Gasteiger partial charge in [-0.1, -0.05) is 27.7 Å². The molecule has 0 aromatic heterocycles. The molecule has 1 fully saturated rings. The molecule has 0 bridgehead atoms. The fourth-order valence-electron chi connectivity index (χ4n) is 1.91. The molecule has 0 heterocycles. The molecule has 0 aliphatic heterocycles. The van der Waals surface area contributed by atoms with Crippen LogP contribution in [0.4, 0.5) is 0 Å². The Kier molecular flexibility index (Phi) is 1.83. The van der Waals surface area contributed by atoms with E-state index in [-0.39, 0.29) is 0 Å². The molecular formula is C9H18S. The summed E-state index contributed by atoms with van der Waals surface area (Å²) in [4.78, 5) is 0. The molecule has 0 saturated heterocycles. The van der Waals surface area contributed by atoms with Crippen LogP contribution in [0, 0.1) is 11.3 Å². The van der Waals surface area contributed by atoms with E-state index < -0.39 is 0 Å².